The van der Waals surface area contributed by atoms with Crippen molar-refractivity contribution in [2.75, 3.05) is 0 Å². The zero-order valence-electron chi connectivity index (χ0n) is 10.9. The van der Waals surface area contributed by atoms with Crippen molar-refractivity contribution < 1.29 is 17.0 Å². The first kappa shape index (κ1) is 14.8. The van der Waals surface area contributed by atoms with Gasteiger partial charge in [-0.3, -0.25) is 0 Å². The fourth-order valence-corrected chi connectivity index (χ4v) is 3.20. The average molecular weight is 315 g/mol. The summed E-state index contributed by atoms with van der Waals surface area (Å²) in [5.41, 5.74) is 1.52. The van der Waals surface area contributed by atoms with Crippen LogP contribution in [-0.4, -0.2) is 8.42 Å². The summed E-state index contributed by atoms with van der Waals surface area (Å²) in [5, 5.41) is -0.0988. The van der Waals surface area contributed by atoms with E-state index >= 15 is 0 Å². The summed E-state index contributed by atoms with van der Waals surface area (Å²) in [6.45, 7) is 3.54. The lowest BCUT2D eigenvalue weighted by Crippen LogP contribution is -2.11. The first-order chi connectivity index (χ1) is 9.29. The Labute approximate surface area is 122 Å². The highest BCUT2D eigenvalue weighted by molar-refractivity contribution is 7.87. The Hall–Kier alpha value is -1.59. The Bertz CT molecular complexity index is 757. The quantitative estimate of drug-likeness (QED) is 0.808. The summed E-state index contributed by atoms with van der Waals surface area (Å²) in [4.78, 5) is 0.0588. The Morgan fingerprint density at radius 3 is 2.40 bits per heavy atom. The van der Waals surface area contributed by atoms with Crippen LogP contribution in [0.5, 0.6) is 5.75 Å². The third kappa shape index (κ3) is 3.11. The number of aryl methyl sites for hydroxylation is 2. The molecule has 2 aromatic carbocycles. The van der Waals surface area contributed by atoms with E-state index < -0.39 is 15.9 Å². The fraction of sp³-hybridized carbons (Fsp3) is 0.143. The number of halogens is 2. The molecule has 0 amide bonds. The lowest BCUT2D eigenvalue weighted by Gasteiger charge is -2.11. The molecule has 0 heterocycles. The van der Waals surface area contributed by atoms with E-state index in [0.717, 1.165) is 17.7 Å². The zero-order valence-corrected chi connectivity index (χ0v) is 12.4. The highest BCUT2D eigenvalue weighted by atomic mass is 35.5. The van der Waals surface area contributed by atoms with Crippen molar-refractivity contribution >= 4 is 21.7 Å². The van der Waals surface area contributed by atoms with Crippen molar-refractivity contribution in [3.63, 3.8) is 0 Å². The lowest BCUT2D eigenvalue weighted by atomic mass is 10.2. The second-order valence-corrected chi connectivity index (χ2v) is 6.30. The van der Waals surface area contributed by atoms with Gasteiger partial charge in [0.05, 0.1) is 5.02 Å². The molecule has 2 aromatic rings. The Morgan fingerprint density at radius 2 is 1.80 bits per heavy atom. The van der Waals surface area contributed by atoms with Crippen LogP contribution in [0, 0.1) is 19.7 Å². The third-order valence-corrected chi connectivity index (χ3v) is 4.38. The summed E-state index contributed by atoms with van der Waals surface area (Å²) >= 11 is 5.76. The van der Waals surface area contributed by atoms with Crippen LogP contribution < -0.4 is 4.18 Å². The van der Waals surface area contributed by atoms with E-state index in [1.54, 1.807) is 19.1 Å². The maximum absolute atomic E-state index is 12.9. The minimum absolute atomic E-state index is 0.0588. The number of rotatable bonds is 3. The Morgan fingerprint density at radius 1 is 1.10 bits per heavy atom. The summed E-state index contributed by atoms with van der Waals surface area (Å²) < 4.78 is 42.3. The van der Waals surface area contributed by atoms with Crippen LogP contribution in [0.1, 0.15) is 11.1 Å². The minimum atomic E-state index is -4.00. The van der Waals surface area contributed by atoms with Gasteiger partial charge in [0.15, 0.2) is 5.75 Å². The predicted molar refractivity (Wildman–Crippen MR) is 75.1 cm³/mol. The van der Waals surface area contributed by atoms with E-state index in [1.807, 2.05) is 6.92 Å². The molecule has 0 atom stereocenters. The highest BCUT2D eigenvalue weighted by Crippen LogP contribution is 2.29. The Kier molecular flexibility index (Phi) is 4.01. The normalized spacial score (nSPS) is 11.4. The van der Waals surface area contributed by atoms with Gasteiger partial charge in [0, 0.05) is 0 Å². The van der Waals surface area contributed by atoms with Gasteiger partial charge < -0.3 is 4.18 Å². The van der Waals surface area contributed by atoms with Gasteiger partial charge in [0.1, 0.15) is 10.7 Å². The molecule has 0 fully saturated rings. The molecule has 0 aliphatic carbocycles. The van der Waals surface area contributed by atoms with Crippen molar-refractivity contribution in [3.8, 4) is 5.75 Å². The lowest BCUT2D eigenvalue weighted by molar-refractivity contribution is 0.484. The van der Waals surface area contributed by atoms with E-state index in [-0.39, 0.29) is 15.7 Å². The standard InChI is InChI=1S/C14H12ClFO3S/c1-9-3-6-14(10(2)7-9)20(17,18)19-13-5-4-11(16)8-12(13)15/h3-8H,1-2H3. The van der Waals surface area contributed by atoms with Gasteiger partial charge in [-0.1, -0.05) is 29.3 Å². The van der Waals surface area contributed by atoms with Gasteiger partial charge in [-0.15, -0.1) is 0 Å². The second-order valence-electron chi connectivity index (χ2n) is 4.38. The minimum Gasteiger partial charge on any atom is -0.377 e. The van der Waals surface area contributed by atoms with E-state index in [4.69, 9.17) is 15.8 Å². The maximum atomic E-state index is 12.9. The molecule has 2 rings (SSSR count). The molecule has 106 valence electrons. The van der Waals surface area contributed by atoms with Crippen LogP contribution in [0.25, 0.3) is 0 Å². The van der Waals surface area contributed by atoms with E-state index in [2.05, 4.69) is 0 Å². The molecule has 0 aliphatic rings. The van der Waals surface area contributed by atoms with Crippen molar-refractivity contribution in [1.29, 1.82) is 0 Å². The zero-order chi connectivity index (χ0) is 14.9. The largest absolute Gasteiger partial charge is 0.377 e. The van der Waals surface area contributed by atoms with Crippen LogP contribution >= 0.6 is 11.6 Å². The molecule has 0 bridgehead atoms. The van der Waals surface area contributed by atoms with Gasteiger partial charge in [0.2, 0.25) is 0 Å². The summed E-state index contributed by atoms with van der Waals surface area (Å²) in [5.74, 6) is -0.667. The molecule has 0 radical (unpaired) electrons. The molecule has 0 aliphatic heterocycles. The molecular formula is C14H12ClFO3S. The molecular weight excluding hydrogens is 303 g/mol. The highest BCUT2D eigenvalue weighted by Gasteiger charge is 2.20. The van der Waals surface area contributed by atoms with E-state index in [9.17, 15) is 12.8 Å². The van der Waals surface area contributed by atoms with Crippen LogP contribution in [0.15, 0.2) is 41.3 Å². The molecule has 0 saturated carbocycles. The fourth-order valence-electron chi connectivity index (χ4n) is 1.79. The first-order valence-electron chi connectivity index (χ1n) is 5.76. The van der Waals surface area contributed by atoms with Gasteiger partial charge in [0.25, 0.3) is 0 Å². The molecule has 20 heavy (non-hydrogen) atoms. The first-order valence-corrected chi connectivity index (χ1v) is 7.55. The smallest absolute Gasteiger partial charge is 0.339 e. The van der Waals surface area contributed by atoms with Crippen molar-refractivity contribution in [3.05, 3.63) is 58.4 Å². The van der Waals surface area contributed by atoms with Gasteiger partial charge in [-0.05, 0) is 43.7 Å². The number of hydrogen-bond donors (Lipinski definition) is 0. The van der Waals surface area contributed by atoms with Crippen LogP contribution in [0.3, 0.4) is 0 Å². The van der Waals surface area contributed by atoms with Crippen molar-refractivity contribution in [1.82, 2.24) is 0 Å². The van der Waals surface area contributed by atoms with Crippen LogP contribution in [0.4, 0.5) is 4.39 Å². The molecule has 3 nitrogen and oxygen atoms in total. The van der Waals surface area contributed by atoms with Gasteiger partial charge in [-0.25, -0.2) is 4.39 Å². The molecule has 0 spiro atoms. The van der Waals surface area contributed by atoms with Crippen LogP contribution in [0.2, 0.25) is 5.02 Å². The third-order valence-electron chi connectivity index (χ3n) is 2.69. The summed E-state index contributed by atoms with van der Waals surface area (Å²) in [6, 6.07) is 8.14. The van der Waals surface area contributed by atoms with Gasteiger partial charge in [-0.2, -0.15) is 8.42 Å². The predicted octanol–water partition coefficient (Wildman–Crippen LogP) is 3.86. The van der Waals surface area contributed by atoms with Crippen molar-refractivity contribution in [2.45, 2.75) is 18.7 Å². The number of hydrogen-bond acceptors (Lipinski definition) is 3. The van der Waals surface area contributed by atoms with E-state index in [1.165, 1.54) is 12.1 Å². The summed E-state index contributed by atoms with van der Waals surface area (Å²) in [6.07, 6.45) is 0. The molecule has 0 saturated heterocycles. The molecule has 6 heteroatoms. The SMILES string of the molecule is Cc1ccc(S(=O)(=O)Oc2ccc(F)cc2Cl)c(C)c1. The number of benzene rings is 2. The monoisotopic (exact) mass is 314 g/mol. The van der Waals surface area contributed by atoms with Crippen molar-refractivity contribution in [2.24, 2.45) is 0 Å². The molecule has 0 N–H and O–H groups in total. The summed E-state index contributed by atoms with van der Waals surface area (Å²) in [7, 11) is -4.00. The van der Waals surface area contributed by atoms with Crippen LogP contribution in [-0.2, 0) is 10.1 Å². The molecule has 0 unspecified atom stereocenters. The maximum Gasteiger partial charge on any atom is 0.339 e. The van der Waals surface area contributed by atoms with Gasteiger partial charge >= 0.3 is 10.1 Å². The van der Waals surface area contributed by atoms with E-state index in [0.29, 0.717) is 5.56 Å². The average Bonchev–Trinajstić information content (AvgIpc) is 2.32. The Balaban J connectivity index is 2.41. The molecule has 0 aromatic heterocycles. The topological polar surface area (TPSA) is 43.4 Å². The second kappa shape index (κ2) is 5.42.